The van der Waals surface area contributed by atoms with Gasteiger partial charge in [0.15, 0.2) is 0 Å². The van der Waals surface area contributed by atoms with Crippen LogP contribution in [-0.4, -0.2) is 45.8 Å². The molecule has 0 aliphatic rings. The molecule has 0 bridgehead atoms. The number of amides is 1. The number of nitro groups is 1. The number of likely N-dealkylation sites (N-methyl/N-ethyl adjacent to an activating group) is 1. The van der Waals surface area contributed by atoms with Crippen LogP contribution in [0.4, 0.5) is 11.5 Å². The molecule has 0 aromatic carbocycles. The van der Waals surface area contributed by atoms with Crippen molar-refractivity contribution in [2.24, 2.45) is 0 Å². The predicted molar refractivity (Wildman–Crippen MR) is 70.2 cm³/mol. The van der Waals surface area contributed by atoms with Crippen molar-refractivity contribution in [1.29, 1.82) is 0 Å². The molecule has 9 heteroatoms. The van der Waals surface area contributed by atoms with Crippen LogP contribution in [0.1, 0.15) is 12.6 Å². The molecule has 104 valence electrons. The molecule has 0 saturated carbocycles. The summed E-state index contributed by atoms with van der Waals surface area (Å²) in [7, 11) is 1.64. The Morgan fingerprint density at radius 2 is 2.16 bits per heavy atom. The van der Waals surface area contributed by atoms with E-state index in [-0.39, 0.29) is 34.9 Å². The Hall–Kier alpha value is -1.96. The van der Waals surface area contributed by atoms with Crippen molar-refractivity contribution in [3.63, 3.8) is 0 Å². The van der Waals surface area contributed by atoms with Crippen molar-refractivity contribution in [1.82, 2.24) is 14.9 Å². The first-order chi connectivity index (χ1) is 8.86. The van der Waals surface area contributed by atoms with E-state index >= 15 is 0 Å². The summed E-state index contributed by atoms with van der Waals surface area (Å²) in [6, 6.07) is 0. The standard InChI is InChI=1S/C10H14ClN5O3/c1-4-15(3)7(17)5-12-9-8(16(18)19)6(2)13-10(11)14-9/h4-5H2,1-3H3,(H,12,13,14). The van der Waals surface area contributed by atoms with Crippen LogP contribution in [0.3, 0.4) is 0 Å². The van der Waals surface area contributed by atoms with E-state index in [0.29, 0.717) is 6.54 Å². The van der Waals surface area contributed by atoms with Gasteiger partial charge in [0.25, 0.3) is 0 Å². The van der Waals surface area contributed by atoms with Crippen molar-refractivity contribution in [2.45, 2.75) is 13.8 Å². The van der Waals surface area contributed by atoms with Crippen LogP contribution in [0.25, 0.3) is 0 Å². The monoisotopic (exact) mass is 287 g/mol. The molecule has 0 atom stereocenters. The number of hydrogen-bond donors (Lipinski definition) is 1. The summed E-state index contributed by atoms with van der Waals surface area (Å²) in [6.07, 6.45) is 0. The molecule has 1 N–H and O–H groups in total. The fraction of sp³-hybridized carbons (Fsp3) is 0.500. The van der Waals surface area contributed by atoms with Crippen molar-refractivity contribution < 1.29 is 9.72 Å². The van der Waals surface area contributed by atoms with Crippen LogP contribution in [-0.2, 0) is 4.79 Å². The molecule has 0 fully saturated rings. The second-order valence-electron chi connectivity index (χ2n) is 3.79. The Morgan fingerprint density at radius 1 is 1.53 bits per heavy atom. The second-order valence-corrected chi connectivity index (χ2v) is 4.13. The number of aryl methyl sites for hydroxylation is 1. The highest BCUT2D eigenvalue weighted by molar-refractivity contribution is 6.28. The molecule has 0 radical (unpaired) electrons. The van der Waals surface area contributed by atoms with E-state index in [0.717, 1.165) is 0 Å². The average Bonchev–Trinajstić information content (AvgIpc) is 2.33. The van der Waals surface area contributed by atoms with Crippen molar-refractivity contribution in [3.05, 3.63) is 21.1 Å². The zero-order chi connectivity index (χ0) is 14.6. The summed E-state index contributed by atoms with van der Waals surface area (Å²) in [5, 5.41) is 13.4. The molecule has 0 aliphatic heterocycles. The predicted octanol–water partition coefficient (Wildman–Crippen LogP) is 1.24. The number of rotatable bonds is 5. The van der Waals surface area contributed by atoms with Gasteiger partial charge in [0.05, 0.1) is 11.5 Å². The first kappa shape index (κ1) is 15.1. The van der Waals surface area contributed by atoms with Gasteiger partial charge in [0.2, 0.25) is 17.0 Å². The summed E-state index contributed by atoms with van der Waals surface area (Å²) in [6.45, 7) is 3.73. The minimum atomic E-state index is -0.609. The maximum absolute atomic E-state index is 11.6. The number of nitrogens with zero attached hydrogens (tertiary/aromatic N) is 4. The van der Waals surface area contributed by atoms with E-state index in [4.69, 9.17) is 11.6 Å². The molecule has 0 aliphatic carbocycles. The van der Waals surface area contributed by atoms with Gasteiger partial charge in [0, 0.05) is 13.6 Å². The number of carbonyl (C=O) groups is 1. The van der Waals surface area contributed by atoms with E-state index in [1.54, 1.807) is 7.05 Å². The third-order valence-corrected chi connectivity index (χ3v) is 2.69. The van der Waals surface area contributed by atoms with Gasteiger partial charge in [-0.05, 0) is 25.4 Å². The van der Waals surface area contributed by atoms with E-state index in [9.17, 15) is 14.9 Å². The van der Waals surface area contributed by atoms with Gasteiger partial charge in [-0.1, -0.05) is 0 Å². The zero-order valence-corrected chi connectivity index (χ0v) is 11.6. The Bertz CT molecular complexity index is 508. The number of carbonyl (C=O) groups excluding carboxylic acids is 1. The molecule has 19 heavy (non-hydrogen) atoms. The van der Waals surface area contributed by atoms with E-state index < -0.39 is 4.92 Å². The lowest BCUT2D eigenvalue weighted by Gasteiger charge is -2.15. The van der Waals surface area contributed by atoms with Crippen molar-refractivity contribution >= 4 is 29.0 Å². The van der Waals surface area contributed by atoms with Gasteiger partial charge in [-0.3, -0.25) is 14.9 Å². The van der Waals surface area contributed by atoms with Gasteiger partial charge in [0.1, 0.15) is 5.69 Å². The third-order valence-electron chi connectivity index (χ3n) is 2.52. The highest BCUT2D eigenvalue weighted by Crippen LogP contribution is 2.26. The van der Waals surface area contributed by atoms with Crippen LogP contribution >= 0.6 is 11.6 Å². The molecular weight excluding hydrogens is 274 g/mol. The Kier molecular flexibility index (Phi) is 4.99. The van der Waals surface area contributed by atoms with E-state index in [1.807, 2.05) is 6.92 Å². The normalized spacial score (nSPS) is 10.1. The second kappa shape index (κ2) is 6.28. The third kappa shape index (κ3) is 3.75. The highest BCUT2D eigenvalue weighted by atomic mass is 35.5. The van der Waals surface area contributed by atoms with Gasteiger partial charge < -0.3 is 10.2 Å². The van der Waals surface area contributed by atoms with Gasteiger partial charge in [-0.25, -0.2) is 4.98 Å². The lowest BCUT2D eigenvalue weighted by molar-refractivity contribution is -0.385. The molecule has 0 spiro atoms. The van der Waals surface area contributed by atoms with Crippen molar-refractivity contribution in [3.8, 4) is 0 Å². The average molecular weight is 288 g/mol. The number of halogens is 1. The Morgan fingerprint density at radius 3 is 2.68 bits per heavy atom. The quantitative estimate of drug-likeness (QED) is 0.496. The Balaban J connectivity index is 2.94. The number of nitrogens with one attached hydrogen (secondary N) is 1. The summed E-state index contributed by atoms with van der Waals surface area (Å²) in [5.41, 5.74) is -0.139. The minimum absolute atomic E-state index is 0.0552. The largest absolute Gasteiger partial charge is 0.355 e. The minimum Gasteiger partial charge on any atom is -0.355 e. The van der Waals surface area contributed by atoms with Crippen LogP contribution in [0, 0.1) is 17.0 Å². The molecule has 1 rings (SSSR count). The first-order valence-electron chi connectivity index (χ1n) is 5.53. The van der Waals surface area contributed by atoms with E-state index in [1.165, 1.54) is 11.8 Å². The van der Waals surface area contributed by atoms with Crippen LogP contribution < -0.4 is 5.32 Å². The van der Waals surface area contributed by atoms with Gasteiger partial charge in [-0.15, -0.1) is 0 Å². The molecule has 1 aromatic heterocycles. The summed E-state index contributed by atoms with van der Waals surface area (Å²) in [5.74, 6) is -0.260. The fourth-order valence-electron chi connectivity index (χ4n) is 1.35. The summed E-state index contributed by atoms with van der Waals surface area (Å²) < 4.78 is 0. The molecule has 1 aromatic rings. The molecule has 8 nitrogen and oxygen atoms in total. The fourth-order valence-corrected chi connectivity index (χ4v) is 1.56. The van der Waals surface area contributed by atoms with Crippen molar-refractivity contribution in [2.75, 3.05) is 25.5 Å². The number of anilines is 1. The Labute approximate surface area is 114 Å². The van der Waals surface area contributed by atoms with Crippen LogP contribution in [0.15, 0.2) is 0 Å². The number of aromatic nitrogens is 2. The first-order valence-corrected chi connectivity index (χ1v) is 5.91. The molecular formula is C10H14ClN5O3. The lowest BCUT2D eigenvalue weighted by atomic mass is 10.3. The van der Waals surface area contributed by atoms with Crippen LogP contribution in [0.5, 0.6) is 0 Å². The maximum Gasteiger partial charge on any atom is 0.332 e. The molecule has 0 saturated heterocycles. The molecule has 1 amide bonds. The maximum atomic E-state index is 11.6. The molecule has 1 heterocycles. The molecule has 0 unspecified atom stereocenters. The topological polar surface area (TPSA) is 101 Å². The SMILES string of the molecule is CCN(C)C(=O)CNc1nc(Cl)nc(C)c1[N+](=O)[O-]. The van der Waals surface area contributed by atoms with Gasteiger partial charge >= 0.3 is 5.69 Å². The summed E-state index contributed by atoms with van der Waals surface area (Å²) in [4.78, 5) is 30.9. The van der Waals surface area contributed by atoms with Gasteiger partial charge in [-0.2, -0.15) is 4.98 Å². The number of hydrogen-bond acceptors (Lipinski definition) is 6. The summed E-state index contributed by atoms with van der Waals surface area (Å²) >= 11 is 5.65. The zero-order valence-electron chi connectivity index (χ0n) is 10.8. The van der Waals surface area contributed by atoms with E-state index in [2.05, 4.69) is 15.3 Å². The smallest absolute Gasteiger partial charge is 0.332 e. The lowest BCUT2D eigenvalue weighted by Crippen LogP contribution is -2.32. The highest BCUT2D eigenvalue weighted by Gasteiger charge is 2.22. The van der Waals surface area contributed by atoms with Crippen LogP contribution in [0.2, 0.25) is 5.28 Å².